The smallest absolute Gasteiger partial charge is 0.251 e. The van der Waals surface area contributed by atoms with Crippen LogP contribution in [0.3, 0.4) is 0 Å². The molecular formula is C39H46ClN9O6. The zero-order chi connectivity index (χ0) is 37.8. The van der Waals surface area contributed by atoms with Crippen molar-refractivity contribution >= 4 is 47.2 Å². The Hall–Kier alpha value is -5.51. The van der Waals surface area contributed by atoms with E-state index < -0.39 is 24.3 Å². The molecule has 0 radical (unpaired) electrons. The lowest BCUT2D eigenvalue weighted by Crippen LogP contribution is -2.42. The number of amides is 2. The van der Waals surface area contributed by atoms with Gasteiger partial charge in [0.15, 0.2) is 17.0 Å². The monoisotopic (exact) mass is 771 g/mol. The van der Waals surface area contributed by atoms with Crippen molar-refractivity contribution in [1.29, 1.82) is 0 Å². The molecule has 290 valence electrons. The zero-order valence-corrected chi connectivity index (χ0v) is 31.6. The first-order chi connectivity index (χ1) is 26.3. The van der Waals surface area contributed by atoms with Crippen LogP contribution in [0.15, 0.2) is 79.4 Å². The third kappa shape index (κ3) is 8.43. The number of pyridine rings is 1. The first kappa shape index (κ1) is 39.2. The Morgan fingerprint density at radius 2 is 1.56 bits per heavy atom. The molecule has 0 spiro atoms. The van der Waals surface area contributed by atoms with E-state index in [0.717, 1.165) is 22.6 Å². The van der Waals surface area contributed by atoms with Gasteiger partial charge in [0.25, 0.3) is 5.91 Å². The van der Waals surface area contributed by atoms with E-state index in [9.17, 15) is 19.8 Å². The number of nitrogens with zero attached hydrogens (tertiary/aromatic N) is 6. The Bertz CT molecular complexity index is 2020. The molecule has 5 atom stereocenters. The molecule has 2 fully saturated rings. The third-order valence-electron chi connectivity index (χ3n) is 10.3. The molecule has 4 heterocycles. The number of carbonyl (C=O) groups is 2. The molecule has 1 saturated carbocycles. The molecule has 5 aromatic rings. The van der Waals surface area contributed by atoms with Crippen LogP contribution in [0.5, 0.6) is 11.5 Å². The molecule has 16 heteroatoms. The number of aliphatic hydroxyl groups excluding tert-OH is 2. The summed E-state index contributed by atoms with van der Waals surface area (Å²) >= 11 is 0. The Balaban J connectivity index is 0.00000514. The topological polar surface area (TPSA) is 189 Å². The second-order valence-electron chi connectivity index (χ2n) is 13.6. The van der Waals surface area contributed by atoms with Crippen LogP contribution in [-0.2, 0) is 4.79 Å². The maximum absolute atomic E-state index is 13.0. The van der Waals surface area contributed by atoms with Crippen LogP contribution in [0.25, 0.3) is 11.2 Å². The lowest BCUT2D eigenvalue weighted by Gasteiger charge is -2.22. The molecular weight excluding hydrogens is 726 g/mol. The number of imidazole rings is 1. The van der Waals surface area contributed by atoms with E-state index >= 15 is 0 Å². The summed E-state index contributed by atoms with van der Waals surface area (Å²) in [6.45, 7) is 3.25. The Morgan fingerprint density at radius 1 is 0.909 bits per heavy atom. The van der Waals surface area contributed by atoms with Crippen molar-refractivity contribution < 1.29 is 29.3 Å². The second-order valence-corrected chi connectivity index (χ2v) is 13.6. The molecule has 2 amide bonds. The predicted octanol–water partition coefficient (Wildman–Crippen LogP) is 3.47. The highest BCUT2D eigenvalue weighted by Crippen LogP contribution is 2.36. The highest BCUT2D eigenvalue weighted by Gasteiger charge is 2.44. The standard InChI is InChI=1S/C39H45N9O6.ClH/c1-4-32(49)44-30-19-31(35(51)34(30)50)48-22-42-33-36(41-20-29(23-5-9-27(53-2)10-6-23)24-7-11-28(54-3)12-8-24)45-39(46-37(33)48)47-18-15-26(21-47)43-38(52)25-13-16-40-17-14-25;/h5-14,16-17,22,26,29-31,34-35,50-51H,4,15,18-21H2,1-3H3,(H,43,52)(H,44,49)(H,41,45,46);1H/t26-,30+,31-,34-,35+;/m1./s1. The van der Waals surface area contributed by atoms with Gasteiger partial charge in [-0.25, -0.2) is 4.98 Å². The van der Waals surface area contributed by atoms with Crippen LogP contribution in [0.4, 0.5) is 11.8 Å². The molecule has 55 heavy (non-hydrogen) atoms. The number of hydrogen-bond donors (Lipinski definition) is 5. The van der Waals surface area contributed by atoms with Crippen LogP contribution in [0, 0.1) is 0 Å². The summed E-state index contributed by atoms with van der Waals surface area (Å²) in [5, 5.41) is 31.7. The van der Waals surface area contributed by atoms with Gasteiger partial charge in [0.1, 0.15) is 23.7 Å². The summed E-state index contributed by atoms with van der Waals surface area (Å²) in [7, 11) is 3.28. The van der Waals surface area contributed by atoms with Gasteiger partial charge < -0.3 is 45.1 Å². The van der Waals surface area contributed by atoms with E-state index in [2.05, 4.69) is 20.9 Å². The van der Waals surface area contributed by atoms with Gasteiger partial charge in [0, 0.05) is 56.0 Å². The number of fused-ring (bicyclic) bond motifs is 1. The number of carbonyl (C=O) groups excluding carboxylic acids is 2. The molecule has 15 nitrogen and oxygen atoms in total. The van der Waals surface area contributed by atoms with Gasteiger partial charge >= 0.3 is 0 Å². The summed E-state index contributed by atoms with van der Waals surface area (Å²) in [4.78, 5) is 45.9. The maximum atomic E-state index is 13.0. The highest BCUT2D eigenvalue weighted by atomic mass is 35.5. The molecule has 2 aromatic carbocycles. The highest BCUT2D eigenvalue weighted by molar-refractivity contribution is 5.94. The van der Waals surface area contributed by atoms with Gasteiger partial charge in [-0.2, -0.15) is 9.97 Å². The average molecular weight is 772 g/mol. The number of halogens is 1. The normalized spacial score (nSPS) is 20.6. The van der Waals surface area contributed by atoms with Gasteiger partial charge in [-0.15, -0.1) is 12.4 Å². The number of aromatic nitrogens is 5. The molecule has 1 aliphatic heterocycles. The van der Waals surface area contributed by atoms with Crippen LogP contribution in [-0.4, -0.2) is 105 Å². The van der Waals surface area contributed by atoms with Gasteiger partial charge in [0.2, 0.25) is 11.9 Å². The van der Waals surface area contributed by atoms with E-state index in [-0.39, 0.29) is 49.0 Å². The zero-order valence-electron chi connectivity index (χ0n) is 30.8. The number of hydrogen-bond acceptors (Lipinski definition) is 12. The van der Waals surface area contributed by atoms with Crippen molar-refractivity contribution in [3.63, 3.8) is 0 Å². The quantitative estimate of drug-likeness (QED) is 0.117. The largest absolute Gasteiger partial charge is 0.497 e. The molecule has 7 rings (SSSR count). The van der Waals surface area contributed by atoms with Gasteiger partial charge in [0.05, 0.1) is 32.6 Å². The minimum Gasteiger partial charge on any atom is -0.497 e. The summed E-state index contributed by atoms with van der Waals surface area (Å²) in [5.74, 6) is 1.94. The molecule has 5 N–H and O–H groups in total. The number of aliphatic hydroxyl groups is 2. The number of ether oxygens (including phenoxy) is 2. The van der Waals surface area contributed by atoms with Crippen LogP contribution in [0.2, 0.25) is 0 Å². The predicted molar refractivity (Wildman–Crippen MR) is 209 cm³/mol. The summed E-state index contributed by atoms with van der Waals surface area (Å²) < 4.78 is 12.6. The first-order valence-electron chi connectivity index (χ1n) is 18.1. The molecule has 2 aliphatic rings. The Labute approximate surface area is 324 Å². The Kier molecular flexibility index (Phi) is 12.3. The van der Waals surface area contributed by atoms with Crippen molar-refractivity contribution in [3.8, 4) is 11.5 Å². The van der Waals surface area contributed by atoms with E-state index in [1.165, 1.54) is 0 Å². The fourth-order valence-electron chi connectivity index (χ4n) is 7.28. The molecule has 1 aliphatic carbocycles. The van der Waals surface area contributed by atoms with Gasteiger partial charge in [-0.1, -0.05) is 31.2 Å². The number of methoxy groups -OCH3 is 2. The minimum atomic E-state index is -1.17. The van der Waals surface area contributed by atoms with Crippen LogP contribution in [0.1, 0.15) is 59.6 Å². The third-order valence-corrected chi connectivity index (χ3v) is 10.3. The van der Waals surface area contributed by atoms with Crippen LogP contribution < -0.4 is 30.3 Å². The fourth-order valence-corrected chi connectivity index (χ4v) is 7.28. The number of rotatable bonds is 13. The minimum absolute atomic E-state index is 0. The lowest BCUT2D eigenvalue weighted by molar-refractivity contribution is -0.122. The first-order valence-corrected chi connectivity index (χ1v) is 18.1. The SMILES string of the molecule is CCC(=O)N[C@H]1C[C@@H](n2cnc3c(NCC(c4ccc(OC)cc4)c4ccc(OC)cc4)nc(N4CC[C@@H](NC(=O)c5ccncc5)C4)nc32)[C@H](O)[C@@H]1O.Cl. The summed E-state index contributed by atoms with van der Waals surface area (Å²) in [6, 6.07) is 17.9. The van der Waals surface area contributed by atoms with Gasteiger partial charge in [-0.3, -0.25) is 14.6 Å². The second kappa shape index (κ2) is 17.3. The number of anilines is 2. The Morgan fingerprint density at radius 3 is 2.18 bits per heavy atom. The van der Waals surface area contributed by atoms with E-state index in [1.54, 1.807) is 56.6 Å². The molecule has 1 saturated heterocycles. The van der Waals surface area contributed by atoms with Crippen molar-refractivity contribution in [2.45, 2.75) is 62.4 Å². The summed E-state index contributed by atoms with van der Waals surface area (Å²) in [5.41, 5.74) is 3.60. The van der Waals surface area contributed by atoms with Crippen molar-refractivity contribution in [2.75, 3.05) is 44.1 Å². The van der Waals surface area contributed by atoms with Crippen LogP contribution >= 0.6 is 12.4 Å². The number of nitrogens with one attached hydrogen (secondary N) is 3. The summed E-state index contributed by atoms with van der Waals surface area (Å²) in [6.07, 6.45) is 3.67. The van der Waals surface area contributed by atoms with E-state index in [0.29, 0.717) is 54.5 Å². The van der Waals surface area contributed by atoms with Gasteiger partial charge in [-0.05, 0) is 60.4 Å². The van der Waals surface area contributed by atoms with E-state index in [1.807, 2.05) is 53.4 Å². The molecule has 0 bridgehead atoms. The average Bonchev–Trinajstić information content (AvgIpc) is 3.93. The van der Waals surface area contributed by atoms with Crippen molar-refractivity contribution in [3.05, 3.63) is 96.1 Å². The van der Waals surface area contributed by atoms with E-state index in [4.69, 9.17) is 24.4 Å². The number of benzene rings is 2. The lowest BCUT2D eigenvalue weighted by atomic mass is 9.91. The molecule has 0 unspecified atom stereocenters. The van der Waals surface area contributed by atoms with Crippen molar-refractivity contribution in [2.24, 2.45) is 0 Å². The van der Waals surface area contributed by atoms with Crippen molar-refractivity contribution in [1.82, 2.24) is 35.1 Å². The fraction of sp³-hybridized carbons (Fsp3) is 0.385. The maximum Gasteiger partial charge on any atom is 0.251 e. The molecule has 3 aromatic heterocycles.